The van der Waals surface area contributed by atoms with E-state index in [2.05, 4.69) is 15.0 Å². The number of sulfonamides is 1. The van der Waals surface area contributed by atoms with Gasteiger partial charge in [0.05, 0.1) is 10.6 Å². The molecule has 2 heterocycles. The third-order valence-electron chi connectivity index (χ3n) is 2.55. The highest BCUT2D eigenvalue weighted by Gasteiger charge is 2.21. The molecule has 2 N–H and O–H groups in total. The van der Waals surface area contributed by atoms with Crippen LogP contribution in [0.15, 0.2) is 34.7 Å². The molecule has 0 unspecified atom stereocenters. The lowest BCUT2D eigenvalue weighted by atomic mass is 10.2. The molecule has 1 aliphatic rings. The van der Waals surface area contributed by atoms with Crippen molar-refractivity contribution in [2.45, 2.75) is 4.90 Å². The quantitative estimate of drug-likeness (QED) is 0.890. The fourth-order valence-electron chi connectivity index (χ4n) is 1.68. The Morgan fingerprint density at radius 3 is 3.00 bits per heavy atom. The summed E-state index contributed by atoms with van der Waals surface area (Å²) >= 11 is 1.18. The highest BCUT2D eigenvalue weighted by atomic mass is 32.2. The normalized spacial score (nSPS) is 14.1. The van der Waals surface area contributed by atoms with Crippen LogP contribution in [0, 0.1) is 0 Å². The van der Waals surface area contributed by atoms with Crippen molar-refractivity contribution < 1.29 is 17.9 Å². The minimum atomic E-state index is -3.74. The van der Waals surface area contributed by atoms with Crippen molar-refractivity contribution in [2.24, 2.45) is 0 Å². The molecule has 7 nitrogen and oxygen atoms in total. The second kappa shape index (κ2) is 4.76. The van der Waals surface area contributed by atoms with E-state index in [0.29, 0.717) is 11.4 Å². The molecule has 0 radical (unpaired) electrons. The number of nitrogens with one attached hydrogen (secondary N) is 2. The van der Waals surface area contributed by atoms with E-state index in [0.717, 1.165) is 0 Å². The maximum Gasteiger partial charge on any atom is 0.263 e. The number of benzene rings is 1. The van der Waals surface area contributed by atoms with Crippen LogP contribution < -0.4 is 14.8 Å². The molecule has 1 amide bonds. The monoisotopic (exact) mass is 311 g/mol. The summed E-state index contributed by atoms with van der Waals surface area (Å²) < 4.78 is 31.9. The van der Waals surface area contributed by atoms with E-state index in [-0.39, 0.29) is 22.5 Å². The maximum absolute atomic E-state index is 12.2. The average Bonchev–Trinajstić information content (AvgIpc) is 2.90. The molecule has 3 rings (SSSR count). The molecule has 104 valence electrons. The number of rotatable bonds is 3. The fourth-order valence-corrected chi connectivity index (χ4v) is 3.49. The van der Waals surface area contributed by atoms with Gasteiger partial charge in [-0.3, -0.25) is 9.52 Å². The van der Waals surface area contributed by atoms with Gasteiger partial charge in [-0.05, 0) is 18.2 Å². The average molecular weight is 311 g/mol. The standard InChI is InChI=1S/C11H9N3O4S2/c15-10-6-18-9-2-1-7(5-8(9)13-10)20(16,17)14-11-12-3-4-19-11/h1-5H,6H2,(H,12,14)(H,13,15). The van der Waals surface area contributed by atoms with Crippen LogP contribution in [0.4, 0.5) is 10.8 Å². The van der Waals surface area contributed by atoms with Gasteiger partial charge in [0.15, 0.2) is 11.7 Å². The third kappa shape index (κ3) is 2.45. The fraction of sp³-hybridized carbons (Fsp3) is 0.0909. The van der Waals surface area contributed by atoms with E-state index in [9.17, 15) is 13.2 Å². The Hall–Kier alpha value is -2.13. The van der Waals surface area contributed by atoms with Gasteiger partial charge in [0, 0.05) is 11.6 Å². The van der Waals surface area contributed by atoms with Crippen molar-refractivity contribution in [3.63, 3.8) is 0 Å². The van der Waals surface area contributed by atoms with Gasteiger partial charge >= 0.3 is 0 Å². The number of anilines is 2. The number of thiazole rings is 1. The van der Waals surface area contributed by atoms with Crippen molar-refractivity contribution in [1.29, 1.82) is 0 Å². The minimum Gasteiger partial charge on any atom is -0.482 e. The van der Waals surface area contributed by atoms with Crippen LogP contribution in [0.2, 0.25) is 0 Å². The van der Waals surface area contributed by atoms with Gasteiger partial charge in [0.2, 0.25) is 0 Å². The molecule has 9 heteroatoms. The number of fused-ring (bicyclic) bond motifs is 1. The van der Waals surface area contributed by atoms with Gasteiger partial charge in [0.1, 0.15) is 5.75 Å². The second-order valence-corrected chi connectivity index (χ2v) is 6.51. The molecule has 20 heavy (non-hydrogen) atoms. The van der Waals surface area contributed by atoms with Gasteiger partial charge in [-0.15, -0.1) is 11.3 Å². The molecule has 0 aliphatic carbocycles. The first-order chi connectivity index (χ1) is 9.54. The Kier molecular flexibility index (Phi) is 3.07. The Labute approximate surface area is 118 Å². The van der Waals surface area contributed by atoms with Crippen molar-refractivity contribution >= 4 is 38.1 Å². The number of hydrogen-bond acceptors (Lipinski definition) is 6. The van der Waals surface area contributed by atoms with Crippen LogP contribution in [0.5, 0.6) is 5.75 Å². The molecule has 0 bridgehead atoms. The van der Waals surface area contributed by atoms with Gasteiger partial charge in [-0.1, -0.05) is 0 Å². The summed E-state index contributed by atoms with van der Waals surface area (Å²) in [5, 5.41) is 4.51. The Morgan fingerprint density at radius 1 is 1.40 bits per heavy atom. The van der Waals surface area contributed by atoms with Crippen LogP contribution in [-0.4, -0.2) is 25.9 Å². The van der Waals surface area contributed by atoms with Crippen molar-refractivity contribution in [3.8, 4) is 5.75 Å². The Morgan fingerprint density at radius 2 is 2.25 bits per heavy atom. The predicted molar refractivity (Wildman–Crippen MR) is 73.5 cm³/mol. The number of hydrogen-bond donors (Lipinski definition) is 2. The van der Waals surface area contributed by atoms with Gasteiger partial charge in [0.25, 0.3) is 15.9 Å². The Balaban J connectivity index is 1.94. The maximum atomic E-state index is 12.2. The first-order valence-corrected chi connectivity index (χ1v) is 7.90. The molecule has 1 aliphatic heterocycles. The molecule has 1 aromatic heterocycles. The van der Waals surface area contributed by atoms with Gasteiger partial charge in [-0.25, -0.2) is 13.4 Å². The van der Waals surface area contributed by atoms with E-state index in [1.165, 1.54) is 35.7 Å². The molecule has 1 aromatic carbocycles. The number of carbonyl (C=O) groups is 1. The molecule has 2 aromatic rings. The van der Waals surface area contributed by atoms with Crippen LogP contribution in [0.3, 0.4) is 0 Å². The molecule has 0 saturated heterocycles. The molecular weight excluding hydrogens is 302 g/mol. The zero-order valence-electron chi connectivity index (χ0n) is 9.99. The van der Waals surface area contributed by atoms with E-state index < -0.39 is 10.0 Å². The number of carbonyl (C=O) groups excluding carboxylic acids is 1. The molecule has 0 spiro atoms. The van der Waals surface area contributed by atoms with Crippen LogP contribution in [0.1, 0.15) is 0 Å². The summed E-state index contributed by atoms with van der Waals surface area (Å²) in [7, 11) is -3.74. The topological polar surface area (TPSA) is 97.4 Å². The van der Waals surface area contributed by atoms with E-state index in [1.54, 1.807) is 5.38 Å². The lowest BCUT2D eigenvalue weighted by Crippen LogP contribution is -2.25. The lowest BCUT2D eigenvalue weighted by Gasteiger charge is -2.18. The van der Waals surface area contributed by atoms with Crippen LogP contribution >= 0.6 is 11.3 Å². The first-order valence-electron chi connectivity index (χ1n) is 5.54. The highest BCUT2D eigenvalue weighted by molar-refractivity contribution is 7.93. The van der Waals surface area contributed by atoms with Crippen molar-refractivity contribution in [1.82, 2.24) is 4.98 Å². The summed E-state index contributed by atoms with van der Waals surface area (Å²) in [5.74, 6) is 0.123. The number of aromatic nitrogens is 1. The summed E-state index contributed by atoms with van der Waals surface area (Å²) in [6, 6.07) is 4.26. The zero-order chi connectivity index (χ0) is 14.2. The highest BCUT2D eigenvalue weighted by Crippen LogP contribution is 2.30. The van der Waals surface area contributed by atoms with E-state index in [4.69, 9.17) is 4.74 Å². The first kappa shape index (κ1) is 12.9. The smallest absolute Gasteiger partial charge is 0.263 e. The summed E-state index contributed by atoms with van der Waals surface area (Å²) in [5.41, 5.74) is 0.336. The summed E-state index contributed by atoms with van der Waals surface area (Å²) in [6.07, 6.45) is 1.50. The molecular formula is C11H9N3O4S2. The zero-order valence-corrected chi connectivity index (χ0v) is 11.6. The third-order valence-corrected chi connectivity index (χ3v) is 4.70. The Bertz CT molecular complexity index is 756. The van der Waals surface area contributed by atoms with E-state index >= 15 is 0 Å². The summed E-state index contributed by atoms with van der Waals surface area (Å²) in [6.45, 7) is -0.0730. The minimum absolute atomic E-state index is 0.0252. The van der Waals surface area contributed by atoms with Crippen molar-refractivity contribution in [2.75, 3.05) is 16.6 Å². The van der Waals surface area contributed by atoms with Gasteiger partial charge < -0.3 is 10.1 Å². The largest absolute Gasteiger partial charge is 0.482 e. The second-order valence-electron chi connectivity index (χ2n) is 3.94. The predicted octanol–water partition coefficient (Wildman–Crippen LogP) is 1.27. The lowest BCUT2D eigenvalue weighted by molar-refractivity contribution is -0.118. The van der Waals surface area contributed by atoms with Crippen LogP contribution in [0.25, 0.3) is 0 Å². The SMILES string of the molecule is O=C1COc2ccc(S(=O)(=O)Nc3nccs3)cc2N1. The van der Waals surface area contributed by atoms with E-state index in [1.807, 2.05) is 0 Å². The molecule has 0 atom stereocenters. The number of ether oxygens (including phenoxy) is 1. The number of nitrogens with zero attached hydrogens (tertiary/aromatic N) is 1. The van der Waals surface area contributed by atoms with Gasteiger partial charge in [-0.2, -0.15) is 0 Å². The molecule has 0 saturated carbocycles. The van der Waals surface area contributed by atoms with Crippen LogP contribution in [-0.2, 0) is 14.8 Å². The molecule has 0 fully saturated rings. The van der Waals surface area contributed by atoms with Crippen molar-refractivity contribution in [3.05, 3.63) is 29.8 Å². The summed E-state index contributed by atoms with van der Waals surface area (Å²) in [4.78, 5) is 15.1. The number of amides is 1.